The third kappa shape index (κ3) is 5.85. The van der Waals surface area contributed by atoms with Crippen molar-refractivity contribution in [2.75, 3.05) is 20.1 Å². The van der Waals surface area contributed by atoms with Crippen LogP contribution in [0.4, 0.5) is 0 Å². The molecule has 0 heterocycles. The monoisotopic (exact) mass is 327 g/mol. The van der Waals surface area contributed by atoms with Gasteiger partial charge in [0.05, 0.1) is 13.0 Å². The lowest BCUT2D eigenvalue weighted by Crippen LogP contribution is -2.28. The predicted octanol–water partition coefficient (Wildman–Crippen LogP) is 2.85. The Bertz CT molecular complexity index is 668. The second kappa shape index (κ2) is 8.84. The first-order chi connectivity index (χ1) is 11.5. The number of benzene rings is 2. The van der Waals surface area contributed by atoms with Crippen molar-refractivity contribution in [2.24, 2.45) is 0 Å². The minimum atomic E-state index is -0.866. The molecule has 2 rings (SSSR count). The van der Waals surface area contributed by atoms with Crippen LogP contribution in [0.5, 0.6) is 5.75 Å². The van der Waals surface area contributed by atoms with E-state index in [0.717, 1.165) is 5.56 Å². The van der Waals surface area contributed by atoms with Crippen molar-refractivity contribution in [1.29, 1.82) is 0 Å². The number of carbonyl (C=O) groups excluding carboxylic acids is 1. The molecule has 5 heteroatoms. The van der Waals surface area contributed by atoms with Gasteiger partial charge in [0, 0.05) is 12.1 Å². The van der Waals surface area contributed by atoms with Gasteiger partial charge in [-0.1, -0.05) is 30.3 Å². The molecule has 0 aliphatic rings. The van der Waals surface area contributed by atoms with Crippen LogP contribution in [0.3, 0.4) is 0 Å². The molecule has 2 aromatic carbocycles. The fourth-order valence-corrected chi connectivity index (χ4v) is 2.18. The van der Waals surface area contributed by atoms with Crippen LogP contribution in [0.25, 0.3) is 0 Å². The van der Waals surface area contributed by atoms with Crippen LogP contribution in [-0.2, 0) is 11.4 Å². The first-order valence-corrected chi connectivity index (χ1v) is 7.75. The summed E-state index contributed by atoms with van der Waals surface area (Å²) in [5.74, 6) is -0.207. The number of carboxylic acids is 1. The maximum absolute atomic E-state index is 12.2. The van der Waals surface area contributed by atoms with Crippen LogP contribution in [0, 0.1) is 0 Å². The topological polar surface area (TPSA) is 66.8 Å². The molecule has 5 nitrogen and oxygen atoms in total. The lowest BCUT2D eigenvalue weighted by Gasteiger charge is -2.14. The van der Waals surface area contributed by atoms with E-state index in [1.54, 1.807) is 36.2 Å². The van der Waals surface area contributed by atoms with Gasteiger partial charge < -0.3 is 9.84 Å². The molecule has 0 aliphatic heterocycles. The molecule has 0 aromatic heterocycles. The Morgan fingerprint density at radius 3 is 2.33 bits per heavy atom. The molecular weight excluding hydrogens is 306 g/mol. The maximum atomic E-state index is 12.2. The Morgan fingerprint density at radius 1 is 1.04 bits per heavy atom. The third-order valence-electron chi connectivity index (χ3n) is 3.55. The zero-order chi connectivity index (χ0) is 17.4. The number of hydrogen-bond donors (Lipinski definition) is 1. The molecule has 0 aliphatic carbocycles. The number of aliphatic carboxylic acids is 1. The number of carboxylic acid groups (broad SMARTS) is 1. The summed E-state index contributed by atoms with van der Waals surface area (Å²) in [5.41, 5.74) is 1.67. The summed E-state index contributed by atoms with van der Waals surface area (Å²) in [6.07, 6.45) is 0.0239. The SMILES string of the molecule is CN(CCC(=O)O)CC(=O)c1ccc(OCc2ccccc2)cc1. The molecule has 0 fully saturated rings. The normalized spacial score (nSPS) is 10.6. The summed E-state index contributed by atoms with van der Waals surface area (Å²) in [6.45, 7) is 1.02. The average Bonchev–Trinajstić information content (AvgIpc) is 2.59. The van der Waals surface area contributed by atoms with Gasteiger partial charge in [0.2, 0.25) is 0 Å². The fourth-order valence-electron chi connectivity index (χ4n) is 2.18. The molecule has 0 spiro atoms. The summed E-state index contributed by atoms with van der Waals surface area (Å²) >= 11 is 0. The van der Waals surface area contributed by atoms with Crippen LogP contribution in [0.1, 0.15) is 22.3 Å². The van der Waals surface area contributed by atoms with E-state index < -0.39 is 5.97 Å². The van der Waals surface area contributed by atoms with Crippen molar-refractivity contribution in [2.45, 2.75) is 13.0 Å². The summed E-state index contributed by atoms with van der Waals surface area (Å²) in [6, 6.07) is 16.9. The molecule has 0 unspecified atom stereocenters. The molecule has 2 aromatic rings. The number of carbonyl (C=O) groups is 2. The van der Waals surface area contributed by atoms with Crippen molar-refractivity contribution in [3.63, 3.8) is 0 Å². The minimum absolute atomic E-state index is 0.0239. The standard InChI is InChI=1S/C19H21NO4/c1-20(12-11-19(22)23)13-18(21)16-7-9-17(10-8-16)24-14-15-5-3-2-4-6-15/h2-10H,11-14H2,1H3,(H,22,23). The molecule has 0 amide bonds. The predicted molar refractivity (Wildman–Crippen MR) is 91.3 cm³/mol. The van der Waals surface area contributed by atoms with E-state index in [1.165, 1.54) is 0 Å². The summed E-state index contributed by atoms with van der Waals surface area (Å²) in [5, 5.41) is 8.65. The molecule has 0 saturated carbocycles. The van der Waals surface area contributed by atoms with Crippen molar-refractivity contribution in [3.05, 3.63) is 65.7 Å². The van der Waals surface area contributed by atoms with Crippen LogP contribution in [0.15, 0.2) is 54.6 Å². The number of ether oxygens (including phenoxy) is 1. The van der Waals surface area contributed by atoms with Gasteiger partial charge in [0.1, 0.15) is 12.4 Å². The van der Waals surface area contributed by atoms with Gasteiger partial charge in [-0.25, -0.2) is 0 Å². The maximum Gasteiger partial charge on any atom is 0.304 e. The highest BCUT2D eigenvalue weighted by molar-refractivity contribution is 5.97. The van der Waals surface area contributed by atoms with Crippen LogP contribution >= 0.6 is 0 Å². The van der Waals surface area contributed by atoms with E-state index in [1.807, 2.05) is 30.3 Å². The highest BCUT2D eigenvalue weighted by Gasteiger charge is 2.10. The zero-order valence-corrected chi connectivity index (χ0v) is 13.6. The molecule has 0 bridgehead atoms. The molecule has 0 saturated heterocycles. The number of rotatable bonds is 9. The van der Waals surface area contributed by atoms with Gasteiger partial charge in [0.25, 0.3) is 0 Å². The molecule has 126 valence electrons. The largest absolute Gasteiger partial charge is 0.489 e. The van der Waals surface area contributed by atoms with Gasteiger partial charge in [0.15, 0.2) is 5.78 Å². The second-order valence-electron chi connectivity index (χ2n) is 5.60. The Labute approximate surface area is 141 Å². The Morgan fingerprint density at radius 2 is 1.71 bits per heavy atom. The van der Waals surface area contributed by atoms with E-state index in [9.17, 15) is 9.59 Å². The van der Waals surface area contributed by atoms with E-state index in [0.29, 0.717) is 24.5 Å². The number of likely N-dealkylation sites (N-methyl/N-ethyl adjacent to an activating group) is 1. The smallest absolute Gasteiger partial charge is 0.304 e. The van der Waals surface area contributed by atoms with Crippen LogP contribution < -0.4 is 4.74 Å². The first kappa shape index (κ1) is 17.7. The quantitative estimate of drug-likeness (QED) is 0.717. The lowest BCUT2D eigenvalue weighted by molar-refractivity contribution is -0.137. The fraction of sp³-hybridized carbons (Fsp3) is 0.263. The molecule has 1 N–H and O–H groups in total. The zero-order valence-electron chi connectivity index (χ0n) is 13.6. The second-order valence-corrected chi connectivity index (χ2v) is 5.60. The molecular formula is C19H21NO4. The van der Waals surface area contributed by atoms with E-state index in [4.69, 9.17) is 9.84 Å². The van der Waals surface area contributed by atoms with Crippen molar-refractivity contribution < 1.29 is 19.4 Å². The van der Waals surface area contributed by atoms with Gasteiger partial charge in [-0.05, 0) is 36.9 Å². The van der Waals surface area contributed by atoms with Crippen molar-refractivity contribution >= 4 is 11.8 Å². The highest BCUT2D eigenvalue weighted by Crippen LogP contribution is 2.15. The molecule has 24 heavy (non-hydrogen) atoms. The number of Topliss-reactive ketones (excluding diaryl/α,β-unsaturated/α-hetero) is 1. The number of nitrogens with zero attached hydrogens (tertiary/aromatic N) is 1. The number of ketones is 1. The van der Waals surface area contributed by atoms with Gasteiger partial charge in [-0.15, -0.1) is 0 Å². The van der Waals surface area contributed by atoms with Gasteiger partial charge in [-0.3, -0.25) is 14.5 Å². The average molecular weight is 327 g/mol. The van der Waals surface area contributed by atoms with Gasteiger partial charge >= 0.3 is 5.97 Å². The van der Waals surface area contributed by atoms with Crippen LogP contribution in [0.2, 0.25) is 0 Å². The Hall–Kier alpha value is -2.66. The molecule has 0 atom stereocenters. The summed E-state index contributed by atoms with van der Waals surface area (Å²) < 4.78 is 5.69. The Kier molecular flexibility index (Phi) is 6.51. The van der Waals surface area contributed by atoms with Crippen molar-refractivity contribution in [3.8, 4) is 5.75 Å². The highest BCUT2D eigenvalue weighted by atomic mass is 16.5. The summed E-state index contributed by atoms with van der Waals surface area (Å²) in [7, 11) is 1.73. The van der Waals surface area contributed by atoms with Crippen LogP contribution in [-0.4, -0.2) is 41.9 Å². The van der Waals surface area contributed by atoms with E-state index in [2.05, 4.69) is 0 Å². The summed E-state index contributed by atoms with van der Waals surface area (Å²) in [4.78, 5) is 24.4. The van der Waals surface area contributed by atoms with Gasteiger partial charge in [-0.2, -0.15) is 0 Å². The number of hydrogen-bond acceptors (Lipinski definition) is 4. The molecule has 0 radical (unpaired) electrons. The first-order valence-electron chi connectivity index (χ1n) is 7.75. The minimum Gasteiger partial charge on any atom is -0.489 e. The lowest BCUT2D eigenvalue weighted by atomic mass is 10.1. The van der Waals surface area contributed by atoms with E-state index in [-0.39, 0.29) is 18.7 Å². The third-order valence-corrected chi connectivity index (χ3v) is 3.55. The van der Waals surface area contributed by atoms with E-state index >= 15 is 0 Å². The Balaban J connectivity index is 1.84. The van der Waals surface area contributed by atoms with Crippen molar-refractivity contribution in [1.82, 2.24) is 4.90 Å².